The average molecular weight is 662 g/mol. The lowest BCUT2D eigenvalue weighted by molar-refractivity contribution is -0.123. The Labute approximate surface area is 294 Å². The minimum atomic E-state index is -0.838. The van der Waals surface area contributed by atoms with Crippen molar-refractivity contribution < 1.29 is 15.0 Å². The van der Waals surface area contributed by atoms with Gasteiger partial charge in [0.1, 0.15) is 0 Å². The maximum absolute atomic E-state index is 12.3. The van der Waals surface area contributed by atoms with E-state index in [1.54, 1.807) is 6.08 Å². The molecule has 0 bridgehead atoms. The molecular weight excluding hydrogens is 578 g/mol. The van der Waals surface area contributed by atoms with Gasteiger partial charge in [0.25, 0.3) is 0 Å². The summed E-state index contributed by atoms with van der Waals surface area (Å²) in [6.07, 6.45) is 49.9. The summed E-state index contributed by atoms with van der Waals surface area (Å²) in [7, 11) is 0. The summed E-state index contributed by atoms with van der Waals surface area (Å²) < 4.78 is 0. The Balaban J connectivity index is 3.56. The summed E-state index contributed by atoms with van der Waals surface area (Å²) in [5.74, 6) is -0.0681. The van der Waals surface area contributed by atoms with E-state index in [-0.39, 0.29) is 12.5 Å². The number of carbonyl (C=O) groups excluding carboxylic acids is 1. The smallest absolute Gasteiger partial charge is 0.220 e. The van der Waals surface area contributed by atoms with Crippen molar-refractivity contribution in [2.75, 3.05) is 6.61 Å². The van der Waals surface area contributed by atoms with Crippen molar-refractivity contribution in [2.45, 2.75) is 238 Å². The second kappa shape index (κ2) is 39.3. The Hall–Kier alpha value is -1.13. The molecule has 0 spiro atoms. The number of aliphatic hydroxyl groups is 2. The Kier molecular flexibility index (Phi) is 38.4. The zero-order chi connectivity index (χ0) is 34.3. The van der Waals surface area contributed by atoms with E-state index in [1.165, 1.54) is 180 Å². The van der Waals surface area contributed by atoms with E-state index in [9.17, 15) is 15.0 Å². The Bertz CT molecular complexity index is 676. The van der Waals surface area contributed by atoms with E-state index >= 15 is 0 Å². The van der Waals surface area contributed by atoms with Crippen LogP contribution in [-0.4, -0.2) is 34.9 Å². The van der Waals surface area contributed by atoms with Crippen molar-refractivity contribution in [3.63, 3.8) is 0 Å². The molecule has 0 aromatic heterocycles. The van der Waals surface area contributed by atoms with Crippen LogP contribution in [0.3, 0.4) is 0 Å². The van der Waals surface area contributed by atoms with Gasteiger partial charge in [-0.1, -0.05) is 199 Å². The first kappa shape index (κ1) is 45.9. The molecule has 0 saturated carbocycles. The van der Waals surface area contributed by atoms with Crippen LogP contribution in [0.1, 0.15) is 226 Å². The molecule has 0 fully saturated rings. The van der Waals surface area contributed by atoms with Crippen LogP contribution in [0.25, 0.3) is 0 Å². The molecule has 2 unspecified atom stereocenters. The standard InChI is InChI=1S/C43H83NO3/c1-3-5-7-9-11-13-15-17-19-20-21-22-23-25-26-28-30-32-34-36-38-42(46)41(40-45)44-43(47)39-37-35-33-31-29-27-24-18-16-14-12-10-8-6-4-2/h14,16,36,38,41-42,45-46H,3-13,15,17-35,37,39-40H2,1-2H3,(H,44,47)/b16-14-,38-36+. The third-order valence-electron chi connectivity index (χ3n) is 9.68. The molecule has 0 aromatic rings. The highest BCUT2D eigenvalue weighted by atomic mass is 16.3. The molecule has 4 nitrogen and oxygen atoms in total. The van der Waals surface area contributed by atoms with Gasteiger partial charge in [0.05, 0.1) is 18.8 Å². The first-order chi connectivity index (χ1) is 23.2. The molecule has 0 aliphatic rings. The third kappa shape index (κ3) is 36.0. The minimum absolute atomic E-state index is 0.0681. The fraction of sp³-hybridized carbons (Fsp3) is 0.884. The van der Waals surface area contributed by atoms with Gasteiger partial charge in [-0.2, -0.15) is 0 Å². The summed E-state index contributed by atoms with van der Waals surface area (Å²) >= 11 is 0. The highest BCUT2D eigenvalue weighted by molar-refractivity contribution is 5.76. The molecule has 0 aromatic carbocycles. The van der Waals surface area contributed by atoms with Gasteiger partial charge in [-0.3, -0.25) is 4.79 Å². The largest absolute Gasteiger partial charge is 0.394 e. The van der Waals surface area contributed by atoms with Gasteiger partial charge in [-0.15, -0.1) is 0 Å². The van der Waals surface area contributed by atoms with E-state index < -0.39 is 12.1 Å². The van der Waals surface area contributed by atoms with Crippen LogP contribution in [0.2, 0.25) is 0 Å². The molecule has 0 heterocycles. The number of hydrogen-bond donors (Lipinski definition) is 3. The fourth-order valence-corrected chi connectivity index (χ4v) is 6.41. The van der Waals surface area contributed by atoms with Gasteiger partial charge in [0.2, 0.25) is 5.91 Å². The lowest BCUT2D eigenvalue weighted by atomic mass is 10.0. The van der Waals surface area contributed by atoms with Crippen molar-refractivity contribution in [3.8, 4) is 0 Å². The predicted molar refractivity (Wildman–Crippen MR) is 207 cm³/mol. The molecular formula is C43H83NO3. The molecule has 0 rings (SSSR count). The number of allylic oxidation sites excluding steroid dienone is 3. The number of unbranched alkanes of at least 4 members (excludes halogenated alkanes) is 29. The molecule has 0 aliphatic carbocycles. The number of aliphatic hydroxyl groups excluding tert-OH is 2. The molecule has 0 radical (unpaired) electrons. The van der Waals surface area contributed by atoms with Crippen LogP contribution >= 0.6 is 0 Å². The van der Waals surface area contributed by atoms with E-state index in [1.807, 2.05) is 6.08 Å². The van der Waals surface area contributed by atoms with Crippen LogP contribution in [-0.2, 0) is 4.79 Å². The van der Waals surface area contributed by atoms with Crippen molar-refractivity contribution in [1.82, 2.24) is 5.32 Å². The van der Waals surface area contributed by atoms with Crippen molar-refractivity contribution >= 4 is 5.91 Å². The topological polar surface area (TPSA) is 69.6 Å². The highest BCUT2D eigenvalue weighted by Gasteiger charge is 2.17. The molecule has 47 heavy (non-hydrogen) atoms. The quantitative estimate of drug-likeness (QED) is 0.0455. The fourth-order valence-electron chi connectivity index (χ4n) is 6.41. The SMILES string of the molecule is CCCCCC/C=C\CCCCCCCCCC(=O)NC(CO)C(O)/C=C/CCCCCCCCCCCCCCCCCCCC. The van der Waals surface area contributed by atoms with Crippen LogP contribution in [0.5, 0.6) is 0 Å². The Morgan fingerprint density at radius 2 is 0.809 bits per heavy atom. The number of carbonyl (C=O) groups is 1. The third-order valence-corrected chi connectivity index (χ3v) is 9.68. The van der Waals surface area contributed by atoms with Crippen LogP contribution in [0, 0.1) is 0 Å². The summed E-state index contributed by atoms with van der Waals surface area (Å²) in [5.41, 5.74) is 0. The normalized spacial score (nSPS) is 13.2. The molecule has 4 heteroatoms. The second-order valence-electron chi connectivity index (χ2n) is 14.4. The second-order valence-corrected chi connectivity index (χ2v) is 14.4. The van der Waals surface area contributed by atoms with Gasteiger partial charge in [0, 0.05) is 6.42 Å². The van der Waals surface area contributed by atoms with E-state index in [0.717, 1.165) is 25.7 Å². The summed E-state index contributed by atoms with van der Waals surface area (Å²) in [4.78, 5) is 12.3. The van der Waals surface area contributed by atoms with Crippen molar-refractivity contribution in [1.29, 1.82) is 0 Å². The Morgan fingerprint density at radius 3 is 1.19 bits per heavy atom. The van der Waals surface area contributed by atoms with E-state index in [0.29, 0.717) is 6.42 Å². The molecule has 278 valence electrons. The number of rotatable bonds is 38. The van der Waals surface area contributed by atoms with Gasteiger partial charge in [0.15, 0.2) is 0 Å². The van der Waals surface area contributed by atoms with Gasteiger partial charge in [-0.05, 0) is 44.9 Å². The van der Waals surface area contributed by atoms with E-state index in [4.69, 9.17) is 0 Å². The van der Waals surface area contributed by atoms with Gasteiger partial charge >= 0.3 is 0 Å². The molecule has 1 amide bonds. The number of hydrogen-bond acceptors (Lipinski definition) is 3. The molecule has 0 aliphatic heterocycles. The monoisotopic (exact) mass is 662 g/mol. The lowest BCUT2D eigenvalue weighted by Gasteiger charge is -2.20. The van der Waals surface area contributed by atoms with Crippen LogP contribution in [0.15, 0.2) is 24.3 Å². The number of nitrogens with one attached hydrogen (secondary N) is 1. The maximum Gasteiger partial charge on any atom is 0.220 e. The first-order valence-electron chi connectivity index (χ1n) is 21.1. The minimum Gasteiger partial charge on any atom is -0.394 e. The molecule has 3 N–H and O–H groups in total. The molecule has 2 atom stereocenters. The van der Waals surface area contributed by atoms with Gasteiger partial charge < -0.3 is 15.5 Å². The van der Waals surface area contributed by atoms with Crippen LogP contribution < -0.4 is 5.32 Å². The molecule has 0 saturated heterocycles. The number of amides is 1. The van der Waals surface area contributed by atoms with Crippen LogP contribution in [0.4, 0.5) is 0 Å². The zero-order valence-corrected chi connectivity index (χ0v) is 31.8. The highest BCUT2D eigenvalue weighted by Crippen LogP contribution is 2.15. The maximum atomic E-state index is 12.3. The average Bonchev–Trinajstić information content (AvgIpc) is 3.07. The van der Waals surface area contributed by atoms with Crippen molar-refractivity contribution in [2.24, 2.45) is 0 Å². The predicted octanol–water partition coefficient (Wildman–Crippen LogP) is 12.8. The first-order valence-corrected chi connectivity index (χ1v) is 21.1. The van der Waals surface area contributed by atoms with Crippen molar-refractivity contribution in [3.05, 3.63) is 24.3 Å². The Morgan fingerprint density at radius 1 is 0.489 bits per heavy atom. The van der Waals surface area contributed by atoms with Gasteiger partial charge in [-0.25, -0.2) is 0 Å². The lowest BCUT2D eigenvalue weighted by Crippen LogP contribution is -2.45. The summed E-state index contributed by atoms with van der Waals surface area (Å²) in [5, 5.41) is 23.0. The van der Waals surface area contributed by atoms with E-state index in [2.05, 4.69) is 31.3 Å². The summed E-state index contributed by atoms with van der Waals surface area (Å²) in [6, 6.07) is -0.621. The summed E-state index contributed by atoms with van der Waals surface area (Å²) in [6.45, 7) is 4.30. The zero-order valence-electron chi connectivity index (χ0n) is 31.8.